The normalized spacial score (nSPS) is 6.23. The Kier molecular flexibility index (Phi) is 137. The number of nitrogens with zero attached hydrogens (tertiary/aromatic N) is 2. The van der Waals surface area contributed by atoms with Gasteiger partial charge in [0.25, 0.3) is 11.9 Å². The van der Waals surface area contributed by atoms with Gasteiger partial charge in [-0.25, -0.2) is 0 Å². The largest absolute Gasteiger partial charge is 0.481 e. The fourth-order valence-corrected chi connectivity index (χ4v) is 0.646. The smallest absolute Gasteiger partial charge is 0.310 e. The van der Waals surface area contributed by atoms with Gasteiger partial charge in [0.15, 0.2) is 0 Å². The molecule has 0 radical (unpaired) electrons. The van der Waals surface area contributed by atoms with Crippen LogP contribution in [-0.4, -0.2) is 101 Å². The summed E-state index contributed by atoms with van der Waals surface area (Å²) in [5.74, 6) is -3.69. The zero-order valence-corrected chi connectivity index (χ0v) is 31.1. The van der Waals surface area contributed by atoms with Crippen LogP contribution in [0.15, 0.2) is 0 Å². The second kappa shape index (κ2) is 77.3. The minimum atomic E-state index is -0.833. The maximum atomic E-state index is 10.3. The molecule has 16 heteroatoms. The van der Waals surface area contributed by atoms with Gasteiger partial charge in [0.05, 0.1) is 0 Å². The van der Waals surface area contributed by atoms with E-state index in [0.717, 1.165) is 23.6 Å². The summed E-state index contributed by atoms with van der Waals surface area (Å²) in [6.07, 6.45) is 0. The summed E-state index contributed by atoms with van der Waals surface area (Å²) >= 11 is 0. The number of carbonyl (C=O) groups excluding carboxylic acids is 6. The summed E-state index contributed by atoms with van der Waals surface area (Å²) in [6.45, 7) is 25.9. The molecule has 0 aliphatic carbocycles. The van der Waals surface area contributed by atoms with Gasteiger partial charge in [-0.3, -0.25) is 48.2 Å². The number of amides is 4. The molecule has 0 saturated carbocycles. The monoisotopic (exact) mass is 652 g/mol. The van der Waals surface area contributed by atoms with Crippen LogP contribution in [-0.2, 0) is 43.1 Å². The molecule has 0 aromatic carbocycles. The van der Waals surface area contributed by atoms with Crippen molar-refractivity contribution in [2.45, 2.75) is 111 Å². The topological polar surface area (TPSA) is 276 Å². The number of carboxylic acid groups (broad SMARTS) is 2. The Hall–Kier alpha value is -3.76. The van der Waals surface area contributed by atoms with Gasteiger partial charge < -0.3 is 31.9 Å². The minimum absolute atomic E-state index is 0. The summed E-state index contributed by atoms with van der Waals surface area (Å²) in [6, 6.07) is 0. The van der Waals surface area contributed by atoms with Gasteiger partial charge in [-0.05, 0) is 14.1 Å². The van der Waals surface area contributed by atoms with E-state index in [9.17, 15) is 28.8 Å². The highest BCUT2D eigenvalue weighted by molar-refractivity contribution is 5.92. The molecule has 0 rings (SSSR count). The van der Waals surface area contributed by atoms with Gasteiger partial charge in [0.2, 0.25) is 23.6 Å². The number of rotatable bonds is 0. The van der Waals surface area contributed by atoms with Crippen LogP contribution in [0.4, 0.5) is 0 Å². The average molecular weight is 653 g/mol. The Balaban J connectivity index is -0.0000000270. The molecular weight excluding hydrogens is 584 g/mol. The molecule has 272 valence electrons. The number of hydrogen-bond donors (Lipinski definition) is 4. The third-order valence-electron chi connectivity index (χ3n) is 2.18. The summed E-state index contributed by atoms with van der Waals surface area (Å²) < 4.78 is 3.97. The van der Waals surface area contributed by atoms with Crippen LogP contribution in [0.2, 0.25) is 0 Å². The number of hydrogen-bond acceptors (Lipinski definition) is 11. The fraction of sp³-hybridized carbons (Fsp3) is 0.714. The lowest BCUT2D eigenvalue weighted by atomic mass is 10.5. The molecular formula is C28H68N4O12. The predicted octanol–water partition coefficient (Wildman–Crippen LogP) is 2.73. The van der Waals surface area contributed by atoms with E-state index in [1.165, 1.54) is 69.7 Å². The van der Waals surface area contributed by atoms with E-state index in [0.29, 0.717) is 0 Å². The van der Waals surface area contributed by atoms with E-state index in [1.807, 2.05) is 55.4 Å². The van der Waals surface area contributed by atoms with Crippen molar-refractivity contribution >= 4 is 47.5 Å². The highest BCUT2D eigenvalue weighted by atomic mass is 16.6. The van der Waals surface area contributed by atoms with Crippen molar-refractivity contribution in [2.75, 3.05) is 28.2 Å². The summed E-state index contributed by atoms with van der Waals surface area (Å²) in [4.78, 5) is 80.9. The molecule has 0 fully saturated rings. The van der Waals surface area contributed by atoms with Gasteiger partial charge >= 0.3 is 11.9 Å². The van der Waals surface area contributed by atoms with Gasteiger partial charge in [0.1, 0.15) is 0 Å². The van der Waals surface area contributed by atoms with E-state index in [1.54, 1.807) is 0 Å². The Morgan fingerprint density at radius 2 is 0.523 bits per heavy atom. The Bertz CT molecular complexity index is 569. The van der Waals surface area contributed by atoms with Crippen molar-refractivity contribution in [3.63, 3.8) is 0 Å². The molecule has 0 heterocycles. The molecule has 0 bridgehead atoms. The summed E-state index contributed by atoms with van der Waals surface area (Å²) in [5, 5.41) is 14.8. The Labute approximate surface area is 266 Å². The van der Waals surface area contributed by atoms with Crippen molar-refractivity contribution in [3.8, 4) is 0 Å². The fourth-order valence-electron chi connectivity index (χ4n) is 0.646. The average Bonchev–Trinajstić information content (AvgIpc) is 2.93. The van der Waals surface area contributed by atoms with Crippen molar-refractivity contribution < 1.29 is 58.8 Å². The van der Waals surface area contributed by atoms with Crippen LogP contribution < -0.4 is 11.5 Å². The molecule has 0 atom stereocenters. The van der Waals surface area contributed by atoms with Gasteiger partial charge in [-0.15, -0.1) is 0 Å². The minimum Gasteiger partial charge on any atom is -0.481 e. The van der Waals surface area contributed by atoms with E-state index in [-0.39, 0.29) is 29.1 Å². The van der Waals surface area contributed by atoms with Crippen molar-refractivity contribution in [3.05, 3.63) is 0 Å². The predicted molar refractivity (Wildman–Crippen MR) is 177 cm³/mol. The third-order valence-corrected chi connectivity index (χ3v) is 2.18. The standard InChI is InChI=1S/2C5H9NO2.C4H6O3.2C2H4O2.4C2H6.2CH5N.H2O/c2*1-4(7)6(3)5(2)8;1-3(5)7-4(2)6;2*1-2(3)4;6*1-2;/h2*1-3H3;1-2H3;2*1H3,(H,3,4);4*1-2H3;2*2H2,1H3;1H2. The summed E-state index contributed by atoms with van der Waals surface area (Å²) in [5.41, 5.74) is 9.00. The lowest BCUT2D eigenvalue weighted by Crippen LogP contribution is -2.28. The number of esters is 2. The molecule has 0 unspecified atom stereocenters. The highest BCUT2D eigenvalue weighted by Gasteiger charge is 2.04. The molecule has 0 aliphatic heterocycles. The number of nitrogens with two attached hydrogens (primary N) is 2. The van der Waals surface area contributed by atoms with Crippen LogP contribution in [0.25, 0.3) is 0 Å². The van der Waals surface area contributed by atoms with Crippen LogP contribution >= 0.6 is 0 Å². The zero-order chi connectivity index (χ0) is 38.5. The summed E-state index contributed by atoms with van der Waals surface area (Å²) in [7, 11) is 5.90. The molecule has 8 N–H and O–H groups in total. The Morgan fingerprint density at radius 1 is 0.432 bits per heavy atom. The molecule has 0 aliphatic rings. The molecule has 0 aromatic rings. The third kappa shape index (κ3) is 201. The lowest BCUT2D eigenvalue weighted by molar-refractivity contribution is -0.156. The first-order valence-corrected chi connectivity index (χ1v) is 13.4. The molecule has 0 spiro atoms. The second-order valence-electron chi connectivity index (χ2n) is 5.32. The van der Waals surface area contributed by atoms with Crippen molar-refractivity contribution in [1.29, 1.82) is 0 Å². The number of aliphatic carboxylic acids is 2. The maximum Gasteiger partial charge on any atom is 0.310 e. The van der Waals surface area contributed by atoms with E-state index < -0.39 is 23.9 Å². The maximum absolute atomic E-state index is 10.3. The lowest BCUT2D eigenvalue weighted by Gasteiger charge is -2.07. The van der Waals surface area contributed by atoms with Crippen LogP contribution in [0.5, 0.6) is 0 Å². The molecule has 44 heavy (non-hydrogen) atoms. The number of imide groups is 2. The second-order valence-corrected chi connectivity index (χ2v) is 5.32. The Morgan fingerprint density at radius 3 is 0.523 bits per heavy atom. The number of ether oxygens (including phenoxy) is 1. The first-order chi connectivity index (χ1) is 19.7. The molecule has 4 amide bonds. The van der Waals surface area contributed by atoms with E-state index in [2.05, 4.69) is 16.2 Å². The molecule has 0 aromatic heterocycles. The number of carboxylic acids is 2. The first-order valence-electron chi connectivity index (χ1n) is 13.4. The molecule has 16 nitrogen and oxygen atoms in total. The van der Waals surface area contributed by atoms with Gasteiger partial charge in [0, 0.05) is 69.5 Å². The van der Waals surface area contributed by atoms with Crippen molar-refractivity contribution in [1.82, 2.24) is 9.80 Å². The van der Waals surface area contributed by atoms with Crippen LogP contribution in [0, 0.1) is 0 Å². The SMILES string of the molecule is CC.CC.CC.CC.CC(=O)N(C)C(C)=O.CC(=O)N(C)C(C)=O.CC(=O)O.CC(=O)O.CC(=O)OC(C)=O.CN.CN.O. The first kappa shape index (κ1) is 77.7. The van der Waals surface area contributed by atoms with Gasteiger partial charge in [-0.2, -0.15) is 0 Å². The highest BCUT2D eigenvalue weighted by Crippen LogP contribution is 1.82. The quantitative estimate of drug-likeness (QED) is 0.217. The van der Waals surface area contributed by atoms with Crippen LogP contribution in [0.3, 0.4) is 0 Å². The van der Waals surface area contributed by atoms with Crippen LogP contribution in [0.1, 0.15) is 111 Å². The van der Waals surface area contributed by atoms with Crippen molar-refractivity contribution in [2.24, 2.45) is 11.5 Å². The van der Waals surface area contributed by atoms with E-state index in [4.69, 9.17) is 19.8 Å². The zero-order valence-electron chi connectivity index (χ0n) is 31.1. The van der Waals surface area contributed by atoms with Gasteiger partial charge in [-0.1, -0.05) is 55.4 Å². The molecule has 0 saturated heterocycles. The van der Waals surface area contributed by atoms with E-state index >= 15 is 0 Å². The number of carbonyl (C=O) groups is 8.